The van der Waals surface area contributed by atoms with Crippen LogP contribution in [0.3, 0.4) is 0 Å². The molecule has 3 nitrogen and oxygen atoms in total. The topological polar surface area (TPSA) is 41.2 Å². The van der Waals surface area contributed by atoms with Crippen LogP contribution < -0.4 is 4.57 Å². The summed E-state index contributed by atoms with van der Waals surface area (Å²) in [6.45, 7) is 3.55. The molecule has 1 aromatic heterocycles. The molecule has 1 rings (SSSR count). The van der Waals surface area contributed by atoms with Gasteiger partial charge in [0.25, 0.3) is 0 Å². The first-order valence-corrected chi connectivity index (χ1v) is 3.59. The molecule has 0 amide bonds. The Morgan fingerprint density at radius 3 is 3.00 bits per heavy atom. The molecule has 0 unspecified atom stereocenters. The summed E-state index contributed by atoms with van der Waals surface area (Å²) in [7, 11) is 0. The Balaban J connectivity index is 3.07. The summed E-state index contributed by atoms with van der Waals surface area (Å²) in [6, 6.07) is 5.24. The molecular weight excluding hydrogens is 154 g/mol. The quantitative estimate of drug-likeness (QED) is 0.527. The smallest absolute Gasteiger partial charge is 0.427 e. The van der Waals surface area contributed by atoms with E-state index in [1.807, 2.05) is 0 Å². The number of aromatic nitrogens is 1. The normalized spacial score (nSPS) is 9.33. The van der Waals surface area contributed by atoms with Gasteiger partial charge in [0.05, 0.1) is 6.42 Å². The van der Waals surface area contributed by atoms with E-state index in [9.17, 15) is 4.79 Å². The standard InChI is InChI=1S/C9H9NO2/c1-2-5-8-6-3-4-7-10(8)9(11)12/h2-4,6-7H,1,5H2/p+1. The van der Waals surface area contributed by atoms with Crippen molar-refractivity contribution < 1.29 is 14.5 Å². The van der Waals surface area contributed by atoms with Crippen LogP contribution in [0, 0.1) is 0 Å². The Bertz CT molecular complexity index is 307. The summed E-state index contributed by atoms with van der Waals surface area (Å²) in [4.78, 5) is 10.6. The van der Waals surface area contributed by atoms with Gasteiger partial charge in [-0.1, -0.05) is 16.7 Å². The van der Waals surface area contributed by atoms with Crippen LogP contribution in [-0.4, -0.2) is 11.2 Å². The highest BCUT2D eigenvalue weighted by Gasteiger charge is 2.15. The maximum atomic E-state index is 10.6. The van der Waals surface area contributed by atoms with Crippen molar-refractivity contribution >= 4 is 6.09 Å². The second-order valence-corrected chi connectivity index (χ2v) is 2.34. The second kappa shape index (κ2) is 3.67. The minimum atomic E-state index is -0.965. The Hall–Kier alpha value is -1.64. The van der Waals surface area contributed by atoms with Gasteiger partial charge >= 0.3 is 6.09 Å². The minimum Gasteiger partial charge on any atom is -0.427 e. The number of hydrogen-bond acceptors (Lipinski definition) is 1. The molecule has 3 heteroatoms. The average molecular weight is 164 g/mol. The maximum Gasteiger partial charge on any atom is 0.599 e. The van der Waals surface area contributed by atoms with E-state index >= 15 is 0 Å². The van der Waals surface area contributed by atoms with Crippen molar-refractivity contribution in [2.24, 2.45) is 0 Å². The molecule has 12 heavy (non-hydrogen) atoms. The van der Waals surface area contributed by atoms with Gasteiger partial charge in [0.15, 0.2) is 11.9 Å². The predicted octanol–water partition coefficient (Wildman–Crippen LogP) is 1.23. The molecule has 0 bridgehead atoms. The van der Waals surface area contributed by atoms with E-state index in [2.05, 4.69) is 6.58 Å². The summed E-state index contributed by atoms with van der Waals surface area (Å²) in [5, 5.41) is 8.72. The highest BCUT2D eigenvalue weighted by atomic mass is 16.4. The van der Waals surface area contributed by atoms with Gasteiger partial charge in [0.1, 0.15) is 0 Å². The third-order valence-corrected chi connectivity index (χ3v) is 1.50. The Morgan fingerprint density at radius 1 is 1.67 bits per heavy atom. The number of rotatable bonds is 2. The Morgan fingerprint density at radius 2 is 2.42 bits per heavy atom. The molecule has 62 valence electrons. The van der Waals surface area contributed by atoms with E-state index in [0.29, 0.717) is 6.42 Å². The molecule has 0 fully saturated rings. The van der Waals surface area contributed by atoms with Crippen molar-refractivity contribution in [3.05, 3.63) is 42.7 Å². The molecule has 0 aliphatic heterocycles. The lowest BCUT2D eigenvalue weighted by Crippen LogP contribution is -2.44. The molecule has 1 aromatic rings. The van der Waals surface area contributed by atoms with Crippen LogP contribution in [0.2, 0.25) is 0 Å². The van der Waals surface area contributed by atoms with Gasteiger partial charge in [-0.2, -0.15) is 4.79 Å². The van der Waals surface area contributed by atoms with Crippen LogP contribution in [0.5, 0.6) is 0 Å². The van der Waals surface area contributed by atoms with Crippen LogP contribution >= 0.6 is 0 Å². The average Bonchev–Trinajstić information content (AvgIpc) is 2.05. The maximum absolute atomic E-state index is 10.6. The number of carboxylic acid groups (broad SMARTS) is 1. The fourth-order valence-corrected chi connectivity index (χ4v) is 0.979. The first kappa shape index (κ1) is 8.46. The molecule has 0 aromatic carbocycles. The van der Waals surface area contributed by atoms with Crippen molar-refractivity contribution in [3.8, 4) is 0 Å². The van der Waals surface area contributed by atoms with Crippen molar-refractivity contribution in [3.63, 3.8) is 0 Å². The van der Waals surface area contributed by atoms with Crippen LogP contribution in [-0.2, 0) is 6.42 Å². The minimum absolute atomic E-state index is 0.563. The molecular formula is C9H10NO2+. The number of carbonyl (C=O) groups is 1. The van der Waals surface area contributed by atoms with Crippen LogP contribution in [0.15, 0.2) is 37.1 Å². The van der Waals surface area contributed by atoms with E-state index in [4.69, 9.17) is 5.11 Å². The molecule has 1 N–H and O–H groups in total. The lowest BCUT2D eigenvalue weighted by molar-refractivity contribution is -0.592. The van der Waals surface area contributed by atoms with Gasteiger partial charge in [-0.05, 0) is 0 Å². The largest absolute Gasteiger partial charge is 0.599 e. The summed E-state index contributed by atoms with van der Waals surface area (Å²) in [6.07, 6.45) is 2.79. The SMILES string of the molecule is C=CCc1cccc[n+]1C(=O)O. The first-order valence-electron chi connectivity index (χ1n) is 3.59. The van der Waals surface area contributed by atoms with Crippen LogP contribution in [0.4, 0.5) is 4.79 Å². The summed E-state index contributed by atoms with van der Waals surface area (Å²) >= 11 is 0. The summed E-state index contributed by atoms with van der Waals surface area (Å²) < 4.78 is 1.18. The number of pyridine rings is 1. The molecule has 1 heterocycles. The zero-order valence-electron chi connectivity index (χ0n) is 6.60. The van der Waals surface area contributed by atoms with E-state index in [-0.39, 0.29) is 0 Å². The third kappa shape index (κ3) is 1.69. The Kier molecular flexibility index (Phi) is 2.58. The van der Waals surface area contributed by atoms with Crippen molar-refractivity contribution in [1.29, 1.82) is 0 Å². The Labute approximate surface area is 70.6 Å². The van der Waals surface area contributed by atoms with Gasteiger partial charge in [0, 0.05) is 12.1 Å². The van der Waals surface area contributed by atoms with Gasteiger partial charge < -0.3 is 5.11 Å². The number of nitrogens with zero attached hydrogens (tertiary/aromatic N) is 1. The number of hydrogen-bond donors (Lipinski definition) is 1. The highest BCUT2D eigenvalue weighted by Crippen LogP contribution is 1.92. The van der Waals surface area contributed by atoms with E-state index in [1.54, 1.807) is 24.3 Å². The fraction of sp³-hybridized carbons (Fsp3) is 0.111. The number of allylic oxidation sites excluding steroid dienone is 1. The summed E-state index contributed by atoms with van der Waals surface area (Å²) in [5.41, 5.74) is 0.722. The molecule has 0 spiro atoms. The van der Waals surface area contributed by atoms with Gasteiger partial charge in [0.2, 0.25) is 0 Å². The lowest BCUT2D eigenvalue weighted by Gasteiger charge is -1.93. The molecule has 0 saturated carbocycles. The van der Waals surface area contributed by atoms with Crippen LogP contribution in [0.25, 0.3) is 0 Å². The third-order valence-electron chi connectivity index (χ3n) is 1.50. The highest BCUT2D eigenvalue weighted by molar-refractivity contribution is 5.54. The molecule has 0 aliphatic rings. The second-order valence-electron chi connectivity index (χ2n) is 2.34. The zero-order valence-corrected chi connectivity index (χ0v) is 6.60. The monoisotopic (exact) mass is 164 g/mol. The first-order chi connectivity index (χ1) is 5.75. The lowest BCUT2D eigenvalue weighted by atomic mass is 10.2. The van der Waals surface area contributed by atoms with Gasteiger partial charge in [-0.25, -0.2) is 0 Å². The zero-order chi connectivity index (χ0) is 8.97. The van der Waals surface area contributed by atoms with E-state index in [0.717, 1.165) is 5.69 Å². The molecule has 0 aliphatic carbocycles. The van der Waals surface area contributed by atoms with E-state index in [1.165, 1.54) is 10.8 Å². The fourth-order valence-electron chi connectivity index (χ4n) is 0.979. The predicted molar refractivity (Wildman–Crippen MR) is 44.0 cm³/mol. The molecule has 0 saturated heterocycles. The van der Waals surface area contributed by atoms with Crippen molar-refractivity contribution in [2.75, 3.05) is 0 Å². The van der Waals surface area contributed by atoms with Crippen molar-refractivity contribution in [1.82, 2.24) is 0 Å². The molecule has 0 atom stereocenters. The van der Waals surface area contributed by atoms with E-state index < -0.39 is 6.09 Å². The van der Waals surface area contributed by atoms with Crippen LogP contribution in [0.1, 0.15) is 5.69 Å². The van der Waals surface area contributed by atoms with Crippen molar-refractivity contribution in [2.45, 2.75) is 6.42 Å². The van der Waals surface area contributed by atoms with Gasteiger partial charge in [-0.3, -0.25) is 0 Å². The van der Waals surface area contributed by atoms with Gasteiger partial charge in [-0.15, -0.1) is 6.58 Å². The molecule has 0 radical (unpaired) electrons. The summed E-state index contributed by atoms with van der Waals surface area (Å²) in [5.74, 6) is 0.